The van der Waals surface area contributed by atoms with Crippen molar-refractivity contribution in [2.24, 2.45) is 11.8 Å². The van der Waals surface area contributed by atoms with E-state index in [-0.39, 0.29) is 10.9 Å². The van der Waals surface area contributed by atoms with Crippen molar-refractivity contribution in [2.75, 3.05) is 5.73 Å². The molecule has 0 aliphatic heterocycles. The van der Waals surface area contributed by atoms with Crippen LogP contribution in [0.2, 0.25) is 0 Å². The molecule has 3 atom stereocenters. The Kier molecular flexibility index (Phi) is 4.63. The third-order valence-corrected chi connectivity index (χ3v) is 6.52. The number of hydrogen-bond acceptors (Lipinski definition) is 3. The van der Waals surface area contributed by atoms with Gasteiger partial charge in [-0.2, -0.15) is 0 Å². The van der Waals surface area contributed by atoms with Gasteiger partial charge in [-0.1, -0.05) is 20.3 Å². The Labute approximate surface area is 128 Å². The molecular weight excluding hydrogens is 284 g/mol. The topological polar surface area (TPSA) is 72.2 Å². The van der Waals surface area contributed by atoms with E-state index < -0.39 is 10.0 Å². The predicted molar refractivity (Wildman–Crippen MR) is 86.6 cm³/mol. The Hall–Kier alpha value is -1.07. The van der Waals surface area contributed by atoms with E-state index in [9.17, 15) is 8.42 Å². The molecule has 0 saturated heterocycles. The van der Waals surface area contributed by atoms with Crippen LogP contribution in [0.3, 0.4) is 0 Å². The molecule has 3 N–H and O–H groups in total. The van der Waals surface area contributed by atoms with E-state index in [1.807, 2.05) is 13.8 Å². The molecule has 118 valence electrons. The maximum absolute atomic E-state index is 12.6. The second kappa shape index (κ2) is 5.97. The highest BCUT2D eigenvalue weighted by Crippen LogP contribution is 2.35. The molecule has 21 heavy (non-hydrogen) atoms. The van der Waals surface area contributed by atoms with Crippen LogP contribution >= 0.6 is 0 Å². The van der Waals surface area contributed by atoms with Crippen LogP contribution in [-0.2, 0) is 10.0 Å². The first kappa shape index (κ1) is 16.3. The zero-order chi connectivity index (χ0) is 15.8. The van der Waals surface area contributed by atoms with Crippen molar-refractivity contribution >= 4 is 15.7 Å². The Morgan fingerprint density at radius 3 is 2.43 bits per heavy atom. The van der Waals surface area contributed by atoms with Crippen molar-refractivity contribution in [2.45, 2.75) is 57.9 Å². The number of rotatable bonds is 4. The maximum atomic E-state index is 12.6. The van der Waals surface area contributed by atoms with Crippen LogP contribution in [0.1, 0.15) is 44.2 Å². The number of anilines is 1. The highest BCUT2D eigenvalue weighted by Gasteiger charge is 2.34. The van der Waals surface area contributed by atoms with Gasteiger partial charge in [-0.05, 0) is 61.8 Å². The van der Waals surface area contributed by atoms with Crippen molar-refractivity contribution in [3.63, 3.8) is 0 Å². The van der Waals surface area contributed by atoms with Crippen LogP contribution < -0.4 is 10.5 Å². The number of nitrogens with two attached hydrogens (primary N) is 1. The summed E-state index contributed by atoms with van der Waals surface area (Å²) in [5, 5.41) is 0. The van der Waals surface area contributed by atoms with E-state index in [1.165, 1.54) is 0 Å². The molecule has 3 unspecified atom stereocenters. The zero-order valence-corrected chi connectivity index (χ0v) is 14.1. The van der Waals surface area contributed by atoms with E-state index >= 15 is 0 Å². The van der Waals surface area contributed by atoms with E-state index in [0.717, 1.165) is 30.4 Å². The predicted octanol–water partition coefficient (Wildman–Crippen LogP) is 2.99. The first-order chi connectivity index (χ1) is 9.76. The minimum atomic E-state index is -3.55. The second-order valence-electron chi connectivity index (χ2n) is 6.31. The third kappa shape index (κ3) is 3.24. The summed E-state index contributed by atoms with van der Waals surface area (Å²) in [5.41, 5.74) is 8.19. The highest BCUT2D eigenvalue weighted by molar-refractivity contribution is 7.89. The fourth-order valence-electron chi connectivity index (χ4n) is 3.30. The molecule has 5 heteroatoms. The summed E-state index contributed by atoms with van der Waals surface area (Å²) < 4.78 is 28.1. The van der Waals surface area contributed by atoms with Gasteiger partial charge in [0.05, 0.1) is 5.69 Å². The number of hydrogen-bond donors (Lipinski definition) is 2. The van der Waals surface area contributed by atoms with Crippen molar-refractivity contribution in [1.82, 2.24) is 4.72 Å². The van der Waals surface area contributed by atoms with Gasteiger partial charge in [0.15, 0.2) is 0 Å². The minimum absolute atomic E-state index is 0.0148. The number of nitrogens with one attached hydrogen (secondary N) is 1. The fraction of sp³-hybridized carbons (Fsp3) is 0.625. The number of sulfonamides is 1. The molecule has 1 aromatic carbocycles. The Bertz CT molecular complexity index is 625. The summed E-state index contributed by atoms with van der Waals surface area (Å²) in [6.45, 7) is 8.14. The summed E-state index contributed by atoms with van der Waals surface area (Å²) in [5.74, 6) is 0.979. The Balaban J connectivity index is 2.26. The number of aryl methyl sites for hydroxylation is 2. The SMILES string of the molecule is CCC1CCC(NS(=O)(=O)c2cc(C)c(C)cc2N)C1C. The first-order valence-corrected chi connectivity index (χ1v) is 9.13. The summed E-state index contributed by atoms with van der Waals surface area (Å²) in [7, 11) is -3.55. The molecule has 0 bridgehead atoms. The van der Waals surface area contributed by atoms with Gasteiger partial charge in [0.25, 0.3) is 0 Å². The first-order valence-electron chi connectivity index (χ1n) is 7.65. The van der Waals surface area contributed by atoms with E-state index in [0.29, 0.717) is 17.5 Å². The summed E-state index contributed by atoms with van der Waals surface area (Å²) >= 11 is 0. The van der Waals surface area contributed by atoms with Crippen LogP contribution in [0.25, 0.3) is 0 Å². The maximum Gasteiger partial charge on any atom is 0.242 e. The fourth-order valence-corrected chi connectivity index (χ4v) is 4.86. The molecule has 0 aromatic heterocycles. The second-order valence-corrected chi connectivity index (χ2v) is 7.99. The van der Waals surface area contributed by atoms with Gasteiger partial charge in [-0.3, -0.25) is 0 Å². The summed E-state index contributed by atoms with van der Waals surface area (Å²) in [6.07, 6.45) is 3.10. The van der Waals surface area contributed by atoms with Gasteiger partial charge in [0, 0.05) is 6.04 Å². The lowest BCUT2D eigenvalue weighted by molar-refractivity contribution is 0.368. The van der Waals surface area contributed by atoms with Crippen molar-refractivity contribution < 1.29 is 8.42 Å². The molecule has 1 saturated carbocycles. The molecule has 1 aliphatic rings. The molecule has 0 radical (unpaired) electrons. The van der Waals surface area contributed by atoms with Gasteiger partial charge in [0.2, 0.25) is 10.0 Å². The molecule has 4 nitrogen and oxygen atoms in total. The largest absolute Gasteiger partial charge is 0.398 e. The standard InChI is InChI=1S/C16H26N2O2S/c1-5-13-6-7-15(12(13)4)18-21(19,20)16-9-11(3)10(2)8-14(16)17/h8-9,12-13,15,18H,5-7,17H2,1-4H3. The van der Waals surface area contributed by atoms with E-state index in [4.69, 9.17) is 5.73 Å². The molecular formula is C16H26N2O2S. The highest BCUT2D eigenvalue weighted by atomic mass is 32.2. The normalized spacial score (nSPS) is 26.2. The average molecular weight is 310 g/mol. The summed E-state index contributed by atoms with van der Waals surface area (Å²) in [4.78, 5) is 0.206. The molecule has 0 spiro atoms. The lowest BCUT2D eigenvalue weighted by Crippen LogP contribution is -2.37. The quantitative estimate of drug-likeness (QED) is 0.840. The molecule has 1 aromatic rings. The van der Waals surface area contributed by atoms with Gasteiger partial charge < -0.3 is 5.73 Å². The average Bonchev–Trinajstić information content (AvgIpc) is 2.74. The van der Waals surface area contributed by atoms with Gasteiger partial charge >= 0.3 is 0 Å². The Morgan fingerprint density at radius 2 is 1.86 bits per heavy atom. The monoisotopic (exact) mass is 310 g/mol. The van der Waals surface area contributed by atoms with Crippen LogP contribution in [-0.4, -0.2) is 14.5 Å². The van der Waals surface area contributed by atoms with Crippen molar-refractivity contribution in [3.05, 3.63) is 23.3 Å². The number of nitrogen functional groups attached to an aromatic ring is 1. The van der Waals surface area contributed by atoms with Gasteiger partial charge in [-0.25, -0.2) is 13.1 Å². The van der Waals surface area contributed by atoms with Crippen molar-refractivity contribution in [3.8, 4) is 0 Å². The molecule has 1 fully saturated rings. The molecule has 0 heterocycles. The molecule has 2 rings (SSSR count). The van der Waals surface area contributed by atoms with Crippen LogP contribution in [0.15, 0.2) is 17.0 Å². The van der Waals surface area contributed by atoms with Gasteiger partial charge in [-0.15, -0.1) is 0 Å². The van der Waals surface area contributed by atoms with Crippen LogP contribution in [0, 0.1) is 25.7 Å². The number of benzene rings is 1. The van der Waals surface area contributed by atoms with Crippen molar-refractivity contribution in [1.29, 1.82) is 0 Å². The van der Waals surface area contributed by atoms with E-state index in [1.54, 1.807) is 12.1 Å². The van der Waals surface area contributed by atoms with E-state index in [2.05, 4.69) is 18.6 Å². The third-order valence-electron chi connectivity index (χ3n) is 4.97. The lowest BCUT2D eigenvalue weighted by atomic mass is 9.94. The van der Waals surface area contributed by atoms with Crippen LogP contribution in [0.4, 0.5) is 5.69 Å². The Morgan fingerprint density at radius 1 is 1.24 bits per heavy atom. The molecule has 1 aliphatic carbocycles. The molecule has 0 amide bonds. The van der Waals surface area contributed by atoms with Gasteiger partial charge in [0.1, 0.15) is 4.90 Å². The zero-order valence-electron chi connectivity index (χ0n) is 13.3. The summed E-state index contributed by atoms with van der Waals surface area (Å²) in [6, 6.07) is 3.42. The lowest BCUT2D eigenvalue weighted by Gasteiger charge is -2.21. The van der Waals surface area contributed by atoms with Crippen LogP contribution in [0.5, 0.6) is 0 Å². The minimum Gasteiger partial charge on any atom is -0.398 e. The smallest absolute Gasteiger partial charge is 0.242 e.